The number of aryl methyl sites for hydroxylation is 1. The van der Waals surface area contributed by atoms with E-state index in [9.17, 15) is 0 Å². The average molecular weight is 287 g/mol. The molecule has 2 heterocycles. The van der Waals surface area contributed by atoms with Crippen LogP contribution in [-0.4, -0.2) is 9.97 Å². The second-order valence-electron chi connectivity index (χ2n) is 4.20. The van der Waals surface area contributed by atoms with E-state index in [0.717, 1.165) is 27.4 Å². The first-order valence-electron chi connectivity index (χ1n) is 5.88. The lowest BCUT2D eigenvalue weighted by molar-refractivity contribution is 1.27. The van der Waals surface area contributed by atoms with E-state index in [0.29, 0.717) is 4.34 Å². The summed E-state index contributed by atoms with van der Waals surface area (Å²) in [6.07, 6.45) is 3.62. The van der Waals surface area contributed by atoms with E-state index in [1.54, 1.807) is 6.20 Å². The minimum Gasteiger partial charge on any atom is -0.264 e. The van der Waals surface area contributed by atoms with Crippen LogP contribution in [0.25, 0.3) is 21.8 Å². The summed E-state index contributed by atoms with van der Waals surface area (Å²) in [5, 5.41) is 0.912. The molecular weight excluding hydrogens is 276 g/mol. The van der Waals surface area contributed by atoms with Gasteiger partial charge in [-0.25, -0.2) is 4.98 Å². The maximum absolute atomic E-state index is 6.32. The third-order valence-corrected chi connectivity index (χ3v) is 4.19. The van der Waals surface area contributed by atoms with Gasteiger partial charge in [-0.15, -0.1) is 11.3 Å². The van der Waals surface area contributed by atoms with Crippen molar-refractivity contribution in [3.63, 3.8) is 0 Å². The van der Waals surface area contributed by atoms with Crippen LogP contribution in [-0.2, 0) is 0 Å². The number of hydrogen-bond acceptors (Lipinski definition) is 3. The number of benzene rings is 1. The van der Waals surface area contributed by atoms with Crippen LogP contribution in [0, 0.1) is 6.92 Å². The predicted molar refractivity (Wildman–Crippen MR) is 80.5 cm³/mol. The summed E-state index contributed by atoms with van der Waals surface area (Å²) >= 11 is 7.81. The summed E-state index contributed by atoms with van der Waals surface area (Å²) in [7, 11) is 0. The molecule has 0 spiro atoms. The molecule has 0 N–H and O–H groups in total. The number of thiazole rings is 1. The number of hydrogen-bond donors (Lipinski definition) is 0. The normalized spacial score (nSPS) is 10.6. The standard InChI is InChI=1S/C15H11ClN2S/c1-10-7-8-17-9-12(10)15-18-13(14(16)19-15)11-5-3-2-4-6-11/h2-9H,1H3. The van der Waals surface area contributed by atoms with Gasteiger partial charge in [-0.3, -0.25) is 4.98 Å². The molecule has 0 radical (unpaired) electrons. The smallest absolute Gasteiger partial charge is 0.127 e. The highest BCUT2D eigenvalue weighted by molar-refractivity contribution is 7.19. The van der Waals surface area contributed by atoms with Crippen LogP contribution in [0.4, 0.5) is 0 Å². The molecule has 0 atom stereocenters. The third kappa shape index (κ3) is 2.39. The van der Waals surface area contributed by atoms with Crippen molar-refractivity contribution in [1.29, 1.82) is 0 Å². The molecule has 0 unspecified atom stereocenters. The van der Waals surface area contributed by atoms with Crippen molar-refractivity contribution in [1.82, 2.24) is 9.97 Å². The molecule has 1 aromatic carbocycles. The van der Waals surface area contributed by atoms with Crippen molar-refractivity contribution < 1.29 is 0 Å². The fraction of sp³-hybridized carbons (Fsp3) is 0.0667. The second kappa shape index (κ2) is 5.11. The van der Waals surface area contributed by atoms with Crippen LogP contribution < -0.4 is 0 Å². The Balaban J connectivity index is 2.10. The number of nitrogens with zero attached hydrogens (tertiary/aromatic N) is 2. The highest BCUT2D eigenvalue weighted by Crippen LogP contribution is 2.37. The van der Waals surface area contributed by atoms with Gasteiger partial charge in [0, 0.05) is 23.5 Å². The van der Waals surface area contributed by atoms with Gasteiger partial charge in [0.2, 0.25) is 0 Å². The number of halogens is 1. The summed E-state index contributed by atoms with van der Waals surface area (Å²) in [4.78, 5) is 8.81. The lowest BCUT2D eigenvalue weighted by atomic mass is 10.1. The third-order valence-electron chi connectivity index (χ3n) is 2.90. The lowest BCUT2D eigenvalue weighted by Gasteiger charge is -1.99. The van der Waals surface area contributed by atoms with Crippen molar-refractivity contribution in [2.45, 2.75) is 6.92 Å². The fourth-order valence-electron chi connectivity index (χ4n) is 1.88. The number of aromatic nitrogens is 2. The summed E-state index contributed by atoms with van der Waals surface area (Å²) in [6, 6.07) is 12.0. The van der Waals surface area contributed by atoms with Crippen LogP contribution >= 0.6 is 22.9 Å². The molecule has 2 aromatic heterocycles. The quantitative estimate of drug-likeness (QED) is 0.674. The van der Waals surface area contributed by atoms with Crippen molar-refractivity contribution >= 4 is 22.9 Å². The van der Waals surface area contributed by atoms with Crippen LogP contribution in [0.2, 0.25) is 4.34 Å². The molecule has 4 heteroatoms. The number of rotatable bonds is 2. The molecule has 0 saturated heterocycles. The Morgan fingerprint density at radius 1 is 1.11 bits per heavy atom. The Morgan fingerprint density at radius 3 is 2.63 bits per heavy atom. The molecule has 2 nitrogen and oxygen atoms in total. The molecular formula is C15H11ClN2S. The first-order valence-corrected chi connectivity index (χ1v) is 7.08. The molecule has 19 heavy (non-hydrogen) atoms. The summed E-state index contributed by atoms with van der Waals surface area (Å²) in [6.45, 7) is 2.05. The van der Waals surface area contributed by atoms with Gasteiger partial charge in [0.1, 0.15) is 15.0 Å². The van der Waals surface area contributed by atoms with E-state index in [1.807, 2.05) is 42.6 Å². The van der Waals surface area contributed by atoms with Crippen LogP contribution in [0.1, 0.15) is 5.56 Å². The maximum Gasteiger partial charge on any atom is 0.127 e. The van der Waals surface area contributed by atoms with Gasteiger partial charge in [-0.2, -0.15) is 0 Å². The number of pyridine rings is 1. The zero-order valence-electron chi connectivity index (χ0n) is 10.3. The molecule has 0 aliphatic carbocycles. The second-order valence-corrected chi connectivity index (χ2v) is 5.80. The molecule has 0 aliphatic heterocycles. The van der Waals surface area contributed by atoms with Crippen molar-refractivity contribution in [2.24, 2.45) is 0 Å². The highest BCUT2D eigenvalue weighted by atomic mass is 35.5. The Hall–Kier alpha value is -1.71. The van der Waals surface area contributed by atoms with Crippen LogP contribution in [0.5, 0.6) is 0 Å². The zero-order chi connectivity index (χ0) is 13.2. The summed E-state index contributed by atoms with van der Waals surface area (Å²) in [5.74, 6) is 0. The van der Waals surface area contributed by atoms with Gasteiger partial charge >= 0.3 is 0 Å². The molecule has 94 valence electrons. The first kappa shape index (κ1) is 12.3. The van der Waals surface area contributed by atoms with Gasteiger partial charge in [0.15, 0.2) is 0 Å². The Bertz CT molecular complexity index is 707. The zero-order valence-corrected chi connectivity index (χ0v) is 11.9. The molecule has 0 bridgehead atoms. The SMILES string of the molecule is Cc1ccncc1-c1nc(-c2ccccc2)c(Cl)s1. The molecule has 0 aliphatic rings. The minimum absolute atomic E-state index is 0.712. The largest absolute Gasteiger partial charge is 0.264 e. The van der Waals surface area contributed by atoms with Crippen LogP contribution in [0.15, 0.2) is 48.8 Å². The van der Waals surface area contributed by atoms with E-state index in [2.05, 4.69) is 16.9 Å². The highest BCUT2D eigenvalue weighted by Gasteiger charge is 2.13. The van der Waals surface area contributed by atoms with Crippen LogP contribution in [0.3, 0.4) is 0 Å². The topological polar surface area (TPSA) is 25.8 Å². The minimum atomic E-state index is 0.712. The van der Waals surface area contributed by atoms with Crippen molar-refractivity contribution in [3.8, 4) is 21.8 Å². The Morgan fingerprint density at radius 2 is 1.89 bits per heavy atom. The van der Waals surface area contributed by atoms with E-state index in [1.165, 1.54) is 11.3 Å². The Labute approximate surface area is 120 Å². The molecule has 0 amide bonds. The summed E-state index contributed by atoms with van der Waals surface area (Å²) < 4.78 is 0.712. The lowest BCUT2D eigenvalue weighted by Crippen LogP contribution is -1.84. The van der Waals surface area contributed by atoms with E-state index >= 15 is 0 Å². The maximum atomic E-state index is 6.32. The Kier molecular flexibility index (Phi) is 3.32. The predicted octanol–water partition coefficient (Wildman–Crippen LogP) is 4.83. The van der Waals surface area contributed by atoms with E-state index < -0.39 is 0 Å². The van der Waals surface area contributed by atoms with Gasteiger partial charge in [-0.05, 0) is 18.6 Å². The van der Waals surface area contributed by atoms with E-state index in [4.69, 9.17) is 11.6 Å². The van der Waals surface area contributed by atoms with Gasteiger partial charge < -0.3 is 0 Å². The molecule has 0 fully saturated rings. The van der Waals surface area contributed by atoms with Crippen molar-refractivity contribution in [2.75, 3.05) is 0 Å². The average Bonchev–Trinajstić information content (AvgIpc) is 2.82. The monoisotopic (exact) mass is 286 g/mol. The fourth-order valence-corrected chi connectivity index (χ4v) is 3.14. The summed E-state index contributed by atoms with van der Waals surface area (Å²) in [5.41, 5.74) is 4.07. The molecule has 0 saturated carbocycles. The van der Waals surface area contributed by atoms with Gasteiger partial charge in [0.05, 0.1) is 0 Å². The molecule has 3 rings (SSSR count). The first-order chi connectivity index (χ1) is 9.25. The van der Waals surface area contributed by atoms with Gasteiger partial charge in [-0.1, -0.05) is 41.9 Å². The van der Waals surface area contributed by atoms with Crippen molar-refractivity contribution in [3.05, 3.63) is 58.7 Å². The van der Waals surface area contributed by atoms with Gasteiger partial charge in [0.25, 0.3) is 0 Å². The molecule has 3 aromatic rings. The van der Waals surface area contributed by atoms with E-state index in [-0.39, 0.29) is 0 Å².